The van der Waals surface area contributed by atoms with E-state index < -0.39 is 12.3 Å². The lowest BCUT2D eigenvalue weighted by Gasteiger charge is -2.27. The number of hydrogen-bond acceptors (Lipinski definition) is 6. The van der Waals surface area contributed by atoms with Gasteiger partial charge in [0.15, 0.2) is 0 Å². The van der Waals surface area contributed by atoms with Crippen molar-refractivity contribution in [2.45, 2.75) is 64.3 Å². The first kappa shape index (κ1) is 27.0. The summed E-state index contributed by atoms with van der Waals surface area (Å²) < 4.78 is 25.4. The minimum atomic E-state index is -0.849. The van der Waals surface area contributed by atoms with Gasteiger partial charge in [0.05, 0.1) is 18.8 Å². The van der Waals surface area contributed by atoms with Gasteiger partial charge in [0.2, 0.25) is 0 Å². The number of Topliss-reactive ketones (excluding diaryl/α,β-unsaturated/α-hetero) is 1. The highest BCUT2D eigenvalue weighted by Crippen LogP contribution is 2.30. The number of nitrogens with zero attached hydrogens (tertiary/aromatic N) is 1. The molecule has 3 atom stereocenters. The van der Waals surface area contributed by atoms with Crippen molar-refractivity contribution < 1.29 is 23.8 Å². The Morgan fingerprint density at radius 3 is 2.37 bits per heavy atom. The lowest BCUT2D eigenvalue weighted by molar-refractivity contribution is -0.121. The minimum absolute atomic E-state index is 0.00850. The molecule has 0 aliphatic carbocycles. The molecule has 3 N–H and O–H groups in total. The van der Waals surface area contributed by atoms with Crippen molar-refractivity contribution >= 4 is 11.5 Å². The Bertz CT molecular complexity index is 902. The van der Waals surface area contributed by atoms with Crippen molar-refractivity contribution in [3.05, 3.63) is 54.1 Å². The maximum atomic E-state index is 13.8. The number of nitrogen functional groups attached to an aromatic ring is 1. The van der Waals surface area contributed by atoms with Gasteiger partial charge >= 0.3 is 0 Å². The van der Waals surface area contributed by atoms with Crippen molar-refractivity contribution in [3.63, 3.8) is 0 Å². The Labute approximate surface area is 208 Å². The number of benzene rings is 2. The van der Waals surface area contributed by atoms with Crippen LogP contribution in [0.3, 0.4) is 0 Å². The molecule has 3 unspecified atom stereocenters. The molecule has 2 aromatic carbocycles. The summed E-state index contributed by atoms with van der Waals surface area (Å²) in [7, 11) is 0. The van der Waals surface area contributed by atoms with Crippen LogP contribution >= 0.6 is 0 Å². The number of nitrogens with two attached hydrogens (primary N) is 1. The molecule has 7 heteroatoms. The zero-order chi connectivity index (χ0) is 25.2. The number of aliphatic hydroxyl groups is 1. The van der Waals surface area contributed by atoms with Crippen molar-refractivity contribution in [2.75, 3.05) is 32.0 Å². The molecule has 1 aliphatic rings. The number of ether oxygens (including phenoxy) is 2. The van der Waals surface area contributed by atoms with E-state index in [4.69, 9.17) is 15.2 Å². The molecule has 1 heterocycles. The lowest BCUT2D eigenvalue weighted by Crippen LogP contribution is -2.32. The third kappa shape index (κ3) is 8.51. The van der Waals surface area contributed by atoms with Gasteiger partial charge in [0.1, 0.15) is 23.5 Å². The summed E-state index contributed by atoms with van der Waals surface area (Å²) in [5.41, 5.74) is 7.07. The van der Waals surface area contributed by atoms with Crippen molar-refractivity contribution in [1.82, 2.24) is 4.90 Å². The standard InChI is InChI=1S/C28H39FN2O4/c1-3-25(4-2)35-27-9-5-20(6-10-27)28(33)21(18-31-15-13-22(29)19-31)17-24(32)14-16-34-26-11-7-23(30)8-12-26/h5-12,21-22,25,28,33H,3-4,13-19,30H2,1-2H3. The molecule has 35 heavy (non-hydrogen) atoms. The number of carbonyl (C=O) groups is 1. The molecule has 6 nitrogen and oxygen atoms in total. The summed E-state index contributed by atoms with van der Waals surface area (Å²) in [5, 5.41) is 11.2. The number of likely N-dealkylation sites (tertiary alicyclic amines) is 1. The zero-order valence-corrected chi connectivity index (χ0v) is 20.9. The lowest BCUT2D eigenvalue weighted by atomic mass is 9.90. The molecule has 3 rings (SSSR count). The Hall–Kier alpha value is -2.64. The SMILES string of the molecule is CCC(CC)Oc1ccc(C(O)C(CC(=O)CCOc2ccc(N)cc2)CN2CCC(F)C2)cc1. The number of alkyl halides is 1. The fourth-order valence-electron chi connectivity index (χ4n) is 4.46. The van der Waals surface area contributed by atoms with Gasteiger partial charge in [-0.15, -0.1) is 0 Å². The highest BCUT2D eigenvalue weighted by atomic mass is 19.1. The minimum Gasteiger partial charge on any atom is -0.493 e. The fraction of sp³-hybridized carbons (Fsp3) is 0.536. The molecule has 0 radical (unpaired) electrons. The molecule has 0 bridgehead atoms. The maximum absolute atomic E-state index is 13.8. The first-order valence-corrected chi connectivity index (χ1v) is 12.7. The van der Waals surface area contributed by atoms with Crippen molar-refractivity contribution in [1.29, 1.82) is 0 Å². The third-order valence-corrected chi connectivity index (χ3v) is 6.61. The normalized spacial score (nSPS) is 17.9. The summed E-state index contributed by atoms with van der Waals surface area (Å²) in [6, 6.07) is 14.5. The summed E-state index contributed by atoms with van der Waals surface area (Å²) in [6.07, 6.45) is 1.27. The molecule has 0 spiro atoms. The van der Waals surface area contributed by atoms with E-state index in [2.05, 4.69) is 13.8 Å². The third-order valence-electron chi connectivity index (χ3n) is 6.61. The van der Waals surface area contributed by atoms with Crippen LogP contribution in [0.15, 0.2) is 48.5 Å². The second kappa shape index (κ2) is 13.4. The second-order valence-electron chi connectivity index (χ2n) is 9.39. The molecule has 0 saturated carbocycles. The van der Waals surface area contributed by atoms with Crippen LogP contribution in [0.25, 0.3) is 0 Å². The number of rotatable bonds is 14. The van der Waals surface area contributed by atoms with Crippen LogP contribution in [0.4, 0.5) is 10.1 Å². The monoisotopic (exact) mass is 486 g/mol. The quantitative estimate of drug-likeness (QED) is 0.367. The molecule has 2 aromatic rings. The van der Waals surface area contributed by atoms with E-state index in [0.717, 1.165) is 24.2 Å². The van der Waals surface area contributed by atoms with Gasteiger partial charge < -0.3 is 20.3 Å². The zero-order valence-electron chi connectivity index (χ0n) is 20.9. The highest BCUT2D eigenvalue weighted by Gasteiger charge is 2.30. The Morgan fingerprint density at radius 2 is 1.77 bits per heavy atom. The van der Waals surface area contributed by atoms with E-state index in [1.54, 1.807) is 24.3 Å². The predicted molar refractivity (Wildman–Crippen MR) is 136 cm³/mol. The molecule has 1 aliphatic heterocycles. The summed E-state index contributed by atoms with van der Waals surface area (Å²) in [4.78, 5) is 14.8. The Balaban J connectivity index is 1.60. The molecule has 1 saturated heterocycles. The number of carbonyl (C=O) groups excluding carboxylic acids is 1. The maximum Gasteiger partial charge on any atom is 0.136 e. The van der Waals surface area contributed by atoms with Gasteiger partial charge in [-0.25, -0.2) is 4.39 Å². The first-order valence-electron chi connectivity index (χ1n) is 12.7. The van der Waals surface area contributed by atoms with Crippen molar-refractivity contribution in [3.8, 4) is 11.5 Å². The smallest absolute Gasteiger partial charge is 0.136 e. The van der Waals surface area contributed by atoms with Gasteiger partial charge in [0, 0.05) is 44.1 Å². The number of anilines is 1. The Kier molecular flexibility index (Phi) is 10.4. The molecule has 192 valence electrons. The second-order valence-corrected chi connectivity index (χ2v) is 9.39. The molecule has 1 fully saturated rings. The van der Waals surface area contributed by atoms with Crippen LogP contribution in [-0.4, -0.2) is 54.3 Å². The van der Waals surface area contributed by atoms with E-state index in [9.17, 15) is 14.3 Å². The van der Waals surface area contributed by atoms with Gasteiger partial charge in [-0.3, -0.25) is 9.69 Å². The van der Waals surface area contributed by atoms with Crippen LogP contribution in [0.1, 0.15) is 57.6 Å². The van der Waals surface area contributed by atoms with Crippen LogP contribution in [0, 0.1) is 5.92 Å². The average Bonchev–Trinajstić information content (AvgIpc) is 3.27. The van der Waals surface area contributed by atoms with Gasteiger partial charge in [-0.1, -0.05) is 26.0 Å². The largest absolute Gasteiger partial charge is 0.493 e. The van der Waals surface area contributed by atoms with Gasteiger partial charge in [-0.2, -0.15) is 0 Å². The molecular weight excluding hydrogens is 447 g/mol. The predicted octanol–water partition coefficient (Wildman–Crippen LogP) is 4.96. The summed E-state index contributed by atoms with van der Waals surface area (Å²) in [5.74, 6) is 1.09. The summed E-state index contributed by atoms with van der Waals surface area (Å²) >= 11 is 0. The number of aliphatic hydroxyl groups excluding tert-OH is 1. The van der Waals surface area contributed by atoms with E-state index in [1.165, 1.54) is 0 Å². The topological polar surface area (TPSA) is 85.0 Å². The van der Waals surface area contributed by atoms with E-state index in [1.807, 2.05) is 29.2 Å². The molecule has 0 aromatic heterocycles. The average molecular weight is 487 g/mol. The molecular formula is C28H39FN2O4. The highest BCUT2D eigenvalue weighted by molar-refractivity contribution is 5.78. The van der Waals surface area contributed by atoms with Crippen LogP contribution in [-0.2, 0) is 4.79 Å². The van der Waals surface area contributed by atoms with Crippen molar-refractivity contribution in [2.24, 2.45) is 5.92 Å². The molecule has 0 amide bonds. The van der Waals surface area contributed by atoms with E-state index in [0.29, 0.717) is 37.5 Å². The number of ketones is 1. The van der Waals surface area contributed by atoms with E-state index >= 15 is 0 Å². The first-order chi connectivity index (χ1) is 16.9. The van der Waals surface area contributed by atoms with Gasteiger partial charge in [-0.05, 0) is 61.2 Å². The number of hydrogen-bond donors (Lipinski definition) is 2. The van der Waals surface area contributed by atoms with E-state index in [-0.39, 0.29) is 37.3 Å². The summed E-state index contributed by atoms with van der Waals surface area (Å²) in [6.45, 7) is 5.90. The Morgan fingerprint density at radius 1 is 1.11 bits per heavy atom. The number of halogens is 1. The fourth-order valence-corrected chi connectivity index (χ4v) is 4.46. The van der Waals surface area contributed by atoms with Crippen LogP contribution in [0.5, 0.6) is 11.5 Å². The van der Waals surface area contributed by atoms with Gasteiger partial charge in [0.25, 0.3) is 0 Å². The van der Waals surface area contributed by atoms with Crippen LogP contribution < -0.4 is 15.2 Å². The van der Waals surface area contributed by atoms with Crippen LogP contribution in [0.2, 0.25) is 0 Å².